The van der Waals surface area contributed by atoms with Gasteiger partial charge in [-0.15, -0.1) is 0 Å². The molecule has 0 aromatic heterocycles. The third-order valence-electron chi connectivity index (χ3n) is 4.17. The Kier molecular flexibility index (Phi) is 4.28. The van der Waals surface area contributed by atoms with E-state index in [9.17, 15) is 0 Å². The summed E-state index contributed by atoms with van der Waals surface area (Å²) >= 11 is 0. The van der Waals surface area contributed by atoms with Gasteiger partial charge in [0.2, 0.25) is 0 Å². The van der Waals surface area contributed by atoms with Crippen molar-refractivity contribution in [1.82, 2.24) is 0 Å². The largest absolute Gasteiger partial charge is 0.311 e. The summed E-state index contributed by atoms with van der Waals surface area (Å²) in [5.74, 6) is 6.96. The SMILES string of the molecule is CC1(C)CCCC(CCN(N)c2ccccc2)C1. The molecule has 1 fully saturated rings. The van der Waals surface area contributed by atoms with Crippen molar-refractivity contribution in [3.8, 4) is 0 Å². The molecule has 1 saturated carbocycles. The molecule has 0 heterocycles. The van der Waals surface area contributed by atoms with Gasteiger partial charge in [0.05, 0.1) is 5.69 Å². The fourth-order valence-electron chi connectivity index (χ4n) is 3.17. The van der Waals surface area contributed by atoms with E-state index in [1.165, 1.54) is 32.1 Å². The van der Waals surface area contributed by atoms with Crippen molar-refractivity contribution in [2.75, 3.05) is 11.6 Å². The van der Waals surface area contributed by atoms with Gasteiger partial charge in [-0.1, -0.05) is 44.9 Å². The van der Waals surface area contributed by atoms with Gasteiger partial charge in [0.25, 0.3) is 0 Å². The Morgan fingerprint density at radius 2 is 2.00 bits per heavy atom. The maximum Gasteiger partial charge on any atom is 0.0517 e. The number of hydrogen-bond donors (Lipinski definition) is 1. The van der Waals surface area contributed by atoms with E-state index < -0.39 is 0 Å². The molecule has 0 bridgehead atoms. The maximum absolute atomic E-state index is 6.11. The molecule has 0 aliphatic heterocycles. The summed E-state index contributed by atoms with van der Waals surface area (Å²) in [6.07, 6.45) is 6.72. The first kappa shape index (κ1) is 13.4. The number of nitrogens with two attached hydrogens (primary N) is 1. The molecule has 2 heteroatoms. The molecular weight excluding hydrogens is 220 g/mol. The summed E-state index contributed by atoms with van der Waals surface area (Å²) in [5.41, 5.74) is 1.65. The third kappa shape index (κ3) is 3.74. The Morgan fingerprint density at radius 1 is 1.28 bits per heavy atom. The van der Waals surface area contributed by atoms with Gasteiger partial charge in [-0.2, -0.15) is 0 Å². The second kappa shape index (κ2) is 5.75. The first-order valence-corrected chi connectivity index (χ1v) is 7.14. The lowest BCUT2D eigenvalue weighted by molar-refractivity contribution is 0.174. The highest BCUT2D eigenvalue weighted by Gasteiger charge is 2.27. The van der Waals surface area contributed by atoms with Crippen molar-refractivity contribution >= 4 is 5.69 Å². The van der Waals surface area contributed by atoms with E-state index >= 15 is 0 Å². The standard InChI is InChI=1S/C16H26N2/c1-16(2)11-6-7-14(13-16)10-12-18(17)15-8-4-3-5-9-15/h3-5,8-9,14H,6-7,10-13,17H2,1-2H3. The van der Waals surface area contributed by atoms with Gasteiger partial charge in [0, 0.05) is 6.54 Å². The lowest BCUT2D eigenvalue weighted by atomic mass is 9.71. The summed E-state index contributed by atoms with van der Waals surface area (Å²) in [4.78, 5) is 0. The van der Waals surface area contributed by atoms with Crippen LogP contribution < -0.4 is 10.9 Å². The second-order valence-electron chi connectivity index (χ2n) is 6.44. The van der Waals surface area contributed by atoms with Crippen LogP contribution in [0, 0.1) is 11.3 Å². The van der Waals surface area contributed by atoms with E-state index in [2.05, 4.69) is 26.0 Å². The summed E-state index contributed by atoms with van der Waals surface area (Å²) in [7, 11) is 0. The van der Waals surface area contributed by atoms with E-state index in [1.807, 2.05) is 23.2 Å². The lowest BCUT2D eigenvalue weighted by Gasteiger charge is -2.36. The van der Waals surface area contributed by atoms with Crippen molar-refractivity contribution in [2.24, 2.45) is 17.2 Å². The van der Waals surface area contributed by atoms with E-state index in [4.69, 9.17) is 5.84 Å². The molecular formula is C16H26N2. The number of anilines is 1. The molecule has 0 amide bonds. The van der Waals surface area contributed by atoms with Gasteiger partial charge in [-0.05, 0) is 42.7 Å². The molecule has 2 nitrogen and oxygen atoms in total. The zero-order valence-corrected chi connectivity index (χ0v) is 11.7. The Bertz CT molecular complexity index is 359. The van der Waals surface area contributed by atoms with E-state index in [1.54, 1.807) is 0 Å². The van der Waals surface area contributed by atoms with Crippen molar-refractivity contribution in [3.63, 3.8) is 0 Å². The number of nitrogens with zero attached hydrogens (tertiary/aromatic N) is 1. The Labute approximate surface area is 111 Å². The molecule has 0 radical (unpaired) electrons. The minimum Gasteiger partial charge on any atom is -0.311 e. The molecule has 18 heavy (non-hydrogen) atoms. The van der Waals surface area contributed by atoms with Crippen LogP contribution in [-0.2, 0) is 0 Å². The second-order valence-corrected chi connectivity index (χ2v) is 6.44. The van der Waals surface area contributed by atoms with Crippen molar-refractivity contribution < 1.29 is 0 Å². The minimum atomic E-state index is 0.537. The van der Waals surface area contributed by atoms with Crippen LogP contribution in [-0.4, -0.2) is 6.54 Å². The highest BCUT2D eigenvalue weighted by atomic mass is 15.4. The molecule has 1 aliphatic rings. The summed E-state index contributed by atoms with van der Waals surface area (Å²) in [6, 6.07) is 10.3. The van der Waals surface area contributed by atoms with Crippen molar-refractivity contribution in [1.29, 1.82) is 0 Å². The number of hydrogen-bond acceptors (Lipinski definition) is 2. The van der Waals surface area contributed by atoms with Crippen LogP contribution in [0.4, 0.5) is 5.69 Å². The highest BCUT2D eigenvalue weighted by Crippen LogP contribution is 2.39. The Balaban J connectivity index is 1.81. The summed E-state index contributed by atoms with van der Waals surface area (Å²) in [6.45, 7) is 5.76. The topological polar surface area (TPSA) is 29.3 Å². The van der Waals surface area contributed by atoms with Crippen LogP contribution in [0.15, 0.2) is 30.3 Å². The van der Waals surface area contributed by atoms with Crippen LogP contribution in [0.1, 0.15) is 46.0 Å². The van der Waals surface area contributed by atoms with Crippen LogP contribution in [0.2, 0.25) is 0 Å². The molecule has 2 rings (SSSR count). The molecule has 1 aromatic carbocycles. The first-order chi connectivity index (χ1) is 8.57. The van der Waals surface area contributed by atoms with Gasteiger partial charge in [0.1, 0.15) is 0 Å². The Hall–Kier alpha value is -1.02. The first-order valence-electron chi connectivity index (χ1n) is 7.14. The van der Waals surface area contributed by atoms with Gasteiger partial charge >= 0.3 is 0 Å². The van der Waals surface area contributed by atoms with Crippen LogP contribution in [0.5, 0.6) is 0 Å². The van der Waals surface area contributed by atoms with E-state index in [-0.39, 0.29) is 0 Å². The molecule has 100 valence electrons. The van der Waals surface area contributed by atoms with E-state index in [0.717, 1.165) is 18.2 Å². The Morgan fingerprint density at radius 3 is 2.67 bits per heavy atom. The number of hydrazine groups is 1. The molecule has 1 aromatic rings. The third-order valence-corrected chi connectivity index (χ3v) is 4.17. The summed E-state index contributed by atoms with van der Waals surface area (Å²) in [5, 5.41) is 1.89. The molecule has 1 unspecified atom stereocenters. The zero-order chi connectivity index (χ0) is 13.0. The molecule has 1 aliphatic carbocycles. The summed E-state index contributed by atoms with van der Waals surface area (Å²) < 4.78 is 0. The van der Waals surface area contributed by atoms with Crippen molar-refractivity contribution in [3.05, 3.63) is 30.3 Å². The predicted octanol–water partition coefficient (Wildman–Crippen LogP) is 3.97. The van der Waals surface area contributed by atoms with Gasteiger partial charge in [-0.25, -0.2) is 5.84 Å². The smallest absolute Gasteiger partial charge is 0.0517 e. The molecule has 0 saturated heterocycles. The van der Waals surface area contributed by atoms with Gasteiger partial charge < -0.3 is 5.01 Å². The maximum atomic E-state index is 6.11. The fraction of sp³-hybridized carbons (Fsp3) is 0.625. The predicted molar refractivity (Wildman–Crippen MR) is 78.3 cm³/mol. The van der Waals surface area contributed by atoms with Crippen LogP contribution in [0.25, 0.3) is 0 Å². The number of para-hydroxylation sites is 1. The molecule has 2 N–H and O–H groups in total. The van der Waals surface area contributed by atoms with Crippen LogP contribution >= 0.6 is 0 Å². The fourth-order valence-corrected chi connectivity index (χ4v) is 3.17. The highest BCUT2D eigenvalue weighted by molar-refractivity contribution is 5.43. The zero-order valence-electron chi connectivity index (χ0n) is 11.7. The van der Waals surface area contributed by atoms with E-state index in [0.29, 0.717) is 5.41 Å². The van der Waals surface area contributed by atoms with Gasteiger partial charge in [0.15, 0.2) is 0 Å². The van der Waals surface area contributed by atoms with Gasteiger partial charge in [-0.3, -0.25) is 0 Å². The lowest BCUT2D eigenvalue weighted by Crippen LogP contribution is -2.34. The quantitative estimate of drug-likeness (QED) is 0.643. The molecule has 1 atom stereocenters. The van der Waals surface area contributed by atoms with Crippen LogP contribution in [0.3, 0.4) is 0 Å². The monoisotopic (exact) mass is 246 g/mol. The number of rotatable bonds is 4. The minimum absolute atomic E-state index is 0.537. The van der Waals surface area contributed by atoms with Crippen molar-refractivity contribution in [2.45, 2.75) is 46.0 Å². The average molecular weight is 246 g/mol. The molecule has 0 spiro atoms. The normalized spacial score (nSPS) is 22.7. The number of benzene rings is 1. The average Bonchev–Trinajstić information content (AvgIpc) is 2.36.